The molecule has 0 radical (unpaired) electrons. The molecule has 0 N–H and O–H groups in total. The fourth-order valence-corrected chi connectivity index (χ4v) is 2.66. The zero-order chi connectivity index (χ0) is 14.5. The summed E-state index contributed by atoms with van der Waals surface area (Å²) in [5.41, 5.74) is 0.791. The molecule has 1 saturated heterocycles. The molecule has 0 amide bonds. The van der Waals surface area contributed by atoms with Crippen LogP contribution in [0.4, 0.5) is 4.39 Å². The molecular formula is C17H26FNO. The predicted molar refractivity (Wildman–Crippen MR) is 80.8 cm³/mol. The van der Waals surface area contributed by atoms with Crippen LogP contribution < -0.4 is 4.74 Å². The summed E-state index contributed by atoms with van der Waals surface area (Å²) in [6.45, 7) is 7.10. The fourth-order valence-electron chi connectivity index (χ4n) is 2.66. The highest BCUT2D eigenvalue weighted by Crippen LogP contribution is 2.26. The number of benzene rings is 1. The zero-order valence-corrected chi connectivity index (χ0v) is 12.9. The second-order valence-corrected chi connectivity index (χ2v) is 6.05. The lowest BCUT2D eigenvalue weighted by atomic mass is 9.97. The lowest BCUT2D eigenvalue weighted by Gasteiger charge is -2.28. The third kappa shape index (κ3) is 3.95. The smallest absolute Gasteiger partial charge is 0.130 e. The maximum absolute atomic E-state index is 14.0. The summed E-state index contributed by atoms with van der Waals surface area (Å²) >= 11 is 0. The SMILES string of the molecule is CCC(C)c1ccc(OCC2CCN(C)CC2)cc1F. The van der Waals surface area contributed by atoms with E-state index < -0.39 is 0 Å². The summed E-state index contributed by atoms with van der Waals surface area (Å²) in [4.78, 5) is 2.34. The molecule has 3 heteroatoms. The highest BCUT2D eigenvalue weighted by atomic mass is 19.1. The number of halogens is 1. The Bertz CT molecular complexity index is 427. The Kier molecular flexibility index (Phi) is 5.41. The predicted octanol–water partition coefficient (Wildman–Crippen LogP) is 4.06. The van der Waals surface area contributed by atoms with E-state index in [-0.39, 0.29) is 11.7 Å². The third-order valence-corrected chi connectivity index (χ3v) is 4.44. The Balaban J connectivity index is 1.89. The molecule has 0 aromatic heterocycles. The van der Waals surface area contributed by atoms with Gasteiger partial charge in [-0.2, -0.15) is 0 Å². The average molecular weight is 279 g/mol. The van der Waals surface area contributed by atoms with Crippen LogP contribution >= 0.6 is 0 Å². The van der Waals surface area contributed by atoms with Crippen molar-refractivity contribution in [2.45, 2.75) is 39.0 Å². The van der Waals surface area contributed by atoms with E-state index in [9.17, 15) is 4.39 Å². The van der Waals surface area contributed by atoms with Crippen LogP contribution in [-0.4, -0.2) is 31.6 Å². The molecule has 2 nitrogen and oxygen atoms in total. The van der Waals surface area contributed by atoms with Gasteiger partial charge >= 0.3 is 0 Å². The van der Waals surface area contributed by atoms with E-state index in [2.05, 4.69) is 25.8 Å². The van der Waals surface area contributed by atoms with Crippen molar-refractivity contribution >= 4 is 0 Å². The maximum Gasteiger partial charge on any atom is 0.130 e. The first-order valence-electron chi connectivity index (χ1n) is 7.71. The van der Waals surface area contributed by atoms with E-state index in [1.807, 2.05) is 12.1 Å². The average Bonchev–Trinajstić information content (AvgIpc) is 2.46. The molecule has 1 aliphatic heterocycles. The molecule has 20 heavy (non-hydrogen) atoms. The molecule has 0 saturated carbocycles. The second kappa shape index (κ2) is 7.07. The molecule has 0 spiro atoms. The molecule has 1 unspecified atom stereocenters. The first kappa shape index (κ1) is 15.3. The molecule has 1 fully saturated rings. The summed E-state index contributed by atoms with van der Waals surface area (Å²) in [7, 11) is 2.15. The molecule has 2 rings (SSSR count). The van der Waals surface area contributed by atoms with Crippen molar-refractivity contribution < 1.29 is 9.13 Å². The van der Waals surface area contributed by atoms with Gasteiger partial charge in [-0.25, -0.2) is 4.39 Å². The van der Waals surface area contributed by atoms with Gasteiger partial charge in [-0.15, -0.1) is 0 Å². The fraction of sp³-hybridized carbons (Fsp3) is 0.647. The highest BCUT2D eigenvalue weighted by molar-refractivity contribution is 5.30. The summed E-state index contributed by atoms with van der Waals surface area (Å²) in [6, 6.07) is 5.31. The van der Waals surface area contributed by atoms with E-state index in [0.29, 0.717) is 18.3 Å². The third-order valence-electron chi connectivity index (χ3n) is 4.44. The molecular weight excluding hydrogens is 253 g/mol. The molecule has 1 aromatic rings. The van der Waals surface area contributed by atoms with Crippen molar-refractivity contribution in [1.82, 2.24) is 4.90 Å². The minimum atomic E-state index is -0.139. The van der Waals surface area contributed by atoms with Gasteiger partial charge in [0.2, 0.25) is 0 Å². The van der Waals surface area contributed by atoms with Gasteiger partial charge in [0.15, 0.2) is 0 Å². The molecule has 1 aromatic carbocycles. The number of rotatable bonds is 5. The monoisotopic (exact) mass is 279 g/mol. The topological polar surface area (TPSA) is 12.5 Å². The number of hydrogen-bond acceptors (Lipinski definition) is 2. The minimum absolute atomic E-state index is 0.139. The van der Waals surface area contributed by atoms with Crippen LogP contribution in [0, 0.1) is 11.7 Å². The Morgan fingerprint density at radius 2 is 2.05 bits per heavy atom. The molecule has 1 aliphatic rings. The molecule has 1 atom stereocenters. The highest BCUT2D eigenvalue weighted by Gasteiger charge is 2.17. The Morgan fingerprint density at radius 1 is 1.35 bits per heavy atom. The van der Waals surface area contributed by atoms with E-state index >= 15 is 0 Å². The van der Waals surface area contributed by atoms with Gasteiger partial charge in [-0.3, -0.25) is 0 Å². The largest absolute Gasteiger partial charge is 0.493 e. The minimum Gasteiger partial charge on any atom is -0.493 e. The van der Waals surface area contributed by atoms with Crippen molar-refractivity contribution in [3.8, 4) is 5.75 Å². The van der Waals surface area contributed by atoms with E-state index in [0.717, 1.165) is 25.1 Å². The number of ether oxygens (including phenoxy) is 1. The number of likely N-dealkylation sites (tertiary alicyclic amines) is 1. The van der Waals surface area contributed by atoms with E-state index in [1.54, 1.807) is 0 Å². The van der Waals surface area contributed by atoms with E-state index in [4.69, 9.17) is 4.74 Å². The summed E-state index contributed by atoms with van der Waals surface area (Å²) in [5.74, 6) is 1.38. The molecule has 112 valence electrons. The first-order valence-corrected chi connectivity index (χ1v) is 7.71. The van der Waals surface area contributed by atoms with Crippen LogP contribution in [0.15, 0.2) is 18.2 Å². The quantitative estimate of drug-likeness (QED) is 0.806. The van der Waals surface area contributed by atoms with Crippen molar-refractivity contribution in [3.63, 3.8) is 0 Å². The summed E-state index contributed by atoms with van der Waals surface area (Å²) in [6.07, 6.45) is 3.29. The number of nitrogens with zero attached hydrogens (tertiary/aromatic N) is 1. The molecule has 0 bridgehead atoms. The molecule has 0 aliphatic carbocycles. The van der Waals surface area contributed by atoms with Crippen molar-refractivity contribution in [2.75, 3.05) is 26.7 Å². The summed E-state index contributed by atoms with van der Waals surface area (Å²) in [5, 5.41) is 0. The Morgan fingerprint density at radius 3 is 2.65 bits per heavy atom. The van der Waals surface area contributed by atoms with Crippen LogP contribution in [0.5, 0.6) is 5.75 Å². The Labute approximate surface area is 121 Å². The van der Waals surface area contributed by atoms with Crippen LogP contribution in [0.3, 0.4) is 0 Å². The van der Waals surface area contributed by atoms with Gasteiger partial charge < -0.3 is 9.64 Å². The maximum atomic E-state index is 14.0. The van der Waals surface area contributed by atoms with Crippen molar-refractivity contribution in [2.24, 2.45) is 5.92 Å². The summed E-state index contributed by atoms with van der Waals surface area (Å²) < 4.78 is 19.8. The van der Waals surface area contributed by atoms with Gasteiger partial charge in [0.05, 0.1) is 6.61 Å². The van der Waals surface area contributed by atoms with Gasteiger partial charge in [-0.1, -0.05) is 19.9 Å². The van der Waals surface area contributed by atoms with Gasteiger partial charge in [-0.05, 0) is 62.9 Å². The van der Waals surface area contributed by atoms with Gasteiger partial charge in [0.1, 0.15) is 11.6 Å². The van der Waals surface area contributed by atoms with Crippen LogP contribution in [0.25, 0.3) is 0 Å². The van der Waals surface area contributed by atoms with Crippen LogP contribution in [0.1, 0.15) is 44.6 Å². The number of hydrogen-bond donors (Lipinski definition) is 0. The Hall–Kier alpha value is -1.09. The van der Waals surface area contributed by atoms with Crippen LogP contribution in [0.2, 0.25) is 0 Å². The normalized spacial score (nSPS) is 19.0. The molecule has 1 heterocycles. The van der Waals surface area contributed by atoms with E-state index in [1.165, 1.54) is 18.9 Å². The van der Waals surface area contributed by atoms with Crippen LogP contribution in [-0.2, 0) is 0 Å². The lowest BCUT2D eigenvalue weighted by molar-refractivity contribution is 0.160. The number of piperidine rings is 1. The lowest BCUT2D eigenvalue weighted by Crippen LogP contribution is -2.32. The van der Waals surface area contributed by atoms with Gasteiger partial charge in [0.25, 0.3) is 0 Å². The van der Waals surface area contributed by atoms with Crippen molar-refractivity contribution in [3.05, 3.63) is 29.6 Å². The standard InChI is InChI=1S/C17H26FNO/c1-4-13(2)16-6-5-15(11-17(16)18)20-12-14-7-9-19(3)10-8-14/h5-6,11,13-14H,4,7-10,12H2,1-3H3. The first-order chi connectivity index (χ1) is 9.60. The van der Waals surface area contributed by atoms with Crippen molar-refractivity contribution in [1.29, 1.82) is 0 Å². The second-order valence-electron chi connectivity index (χ2n) is 6.05. The zero-order valence-electron chi connectivity index (χ0n) is 12.9. The van der Waals surface area contributed by atoms with Gasteiger partial charge in [0, 0.05) is 6.07 Å².